The van der Waals surface area contributed by atoms with E-state index in [-0.39, 0.29) is 113 Å². The van der Waals surface area contributed by atoms with Crippen LogP contribution in [0.1, 0.15) is 180 Å². The van der Waals surface area contributed by atoms with Crippen molar-refractivity contribution in [2.24, 2.45) is 29.2 Å². The molecule has 14 rings (SSSR count). The number of carboxylic acid groups (broad SMARTS) is 1. The number of carbonyl (C=O) groups is 5. The number of aliphatic hydroxyl groups is 3. The van der Waals surface area contributed by atoms with Crippen molar-refractivity contribution in [2.75, 3.05) is 26.2 Å². The number of nitrogens with zero attached hydrogens (tertiary/aromatic N) is 7. The maximum Gasteiger partial charge on any atom is 0.410 e. The number of Topliss-reactive ketones (excluding diaryl/α,β-unsaturated/α-hetero) is 1. The summed E-state index contributed by atoms with van der Waals surface area (Å²) < 4.78 is 87.1. The molecular formula is C105H133N11O16S3. The lowest BCUT2D eigenvalue weighted by molar-refractivity contribution is -0.139. The van der Waals surface area contributed by atoms with Crippen LogP contribution in [-0.2, 0) is 60.6 Å². The molecule has 3 aromatic heterocycles. The average Bonchev–Trinajstić information content (AvgIpc) is 1.75. The number of aliphatic carboxylic acids is 1. The third-order valence-corrected chi connectivity index (χ3v) is 30.5. The van der Waals surface area contributed by atoms with Gasteiger partial charge in [0.05, 0.1) is 61.2 Å². The Kier molecular flexibility index (Phi) is 39.7. The molecule has 1 unspecified atom stereocenters. The number of ketones is 1. The molecular weight excluding hydrogens is 1770 g/mol. The minimum atomic E-state index is -3.94. The number of hydrogen-bond acceptors (Lipinski definition) is 20. The number of carboxylic acids is 1. The van der Waals surface area contributed by atoms with Gasteiger partial charge in [0, 0.05) is 67.9 Å². The number of nitrogens with two attached hydrogens (primary N) is 2. The molecule has 10 aromatic rings. The minimum absolute atomic E-state index is 0.00419. The molecule has 4 aliphatic rings. The molecule has 14 atom stereocenters. The number of ether oxygens (including phenoxy) is 1. The Balaban J connectivity index is 0.000000181. The topological polar surface area (TPSA) is 406 Å². The summed E-state index contributed by atoms with van der Waals surface area (Å²) in [7, 11) is -11.5. The van der Waals surface area contributed by atoms with E-state index >= 15 is 0 Å². The second-order valence-electron chi connectivity index (χ2n) is 36.6. The number of pyridine rings is 3. The first kappa shape index (κ1) is 106. The van der Waals surface area contributed by atoms with Crippen molar-refractivity contribution in [2.45, 2.75) is 246 Å². The number of aromatic nitrogens is 3. The summed E-state index contributed by atoms with van der Waals surface area (Å²) in [5.74, 6) is -1.78. The molecule has 3 amide bonds. The number of amides is 3. The van der Waals surface area contributed by atoms with Crippen LogP contribution >= 0.6 is 0 Å². The number of hydrogen-bond donors (Lipinski definition) is 8. The Labute approximate surface area is 796 Å². The van der Waals surface area contributed by atoms with Crippen molar-refractivity contribution in [1.29, 1.82) is 0 Å². The lowest BCUT2D eigenvalue weighted by Gasteiger charge is -2.28. The van der Waals surface area contributed by atoms with Gasteiger partial charge in [-0.2, -0.15) is 12.9 Å². The molecule has 0 bridgehead atoms. The van der Waals surface area contributed by atoms with Gasteiger partial charge in [-0.1, -0.05) is 254 Å². The molecule has 0 aliphatic carbocycles. The van der Waals surface area contributed by atoms with Crippen molar-refractivity contribution in [3.8, 4) is 33.4 Å². The molecule has 7 heterocycles. The van der Waals surface area contributed by atoms with E-state index in [1.807, 2.05) is 209 Å². The fraction of sp³-hybridized carbons (Fsp3) is 0.410. The predicted octanol–water partition coefficient (Wildman–Crippen LogP) is 15.4. The second-order valence-corrected chi connectivity index (χ2v) is 42.1. The van der Waals surface area contributed by atoms with Gasteiger partial charge < -0.3 is 52.2 Å². The molecule has 0 spiro atoms. The summed E-state index contributed by atoms with van der Waals surface area (Å²) >= 11 is 0. The summed E-state index contributed by atoms with van der Waals surface area (Å²) in [6.45, 7) is 19.9. The van der Waals surface area contributed by atoms with Crippen LogP contribution in [0.2, 0.25) is 0 Å². The van der Waals surface area contributed by atoms with Crippen LogP contribution in [-0.4, -0.2) is 201 Å². The smallest absolute Gasteiger partial charge is 0.410 e. The molecule has 27 nitrogen and oxygen atoms in total. The van der Waals surface area contributed by atoms with E-state index in [0.29, 0.717) is 70.1 Å². The summed E-state index contributed by atoms with van der Waals surface area (Å²) in [6.07, 6.45) is 7.80. The summed E-state index contributed by atoms with van der Waals surface area (Å²) in [6, 6.07) is 74.8. The molecule has 0 saturated carbocycles. The van der Waals surface area contributed by atoms with E-state index < -0.39 is 90.4 Å². The molecule has 4 fully saturated rings. The van der Waals surface area contributed by atoms with Crippen molar-refractivity contribution in [3.05, 3.63) is 290 Å². The van der Waals surface area contributed by atoms with Gasteiger partial charge in [0.1, 0.15) is 6.61 Å². The maximum absolute atomic E-state index is 13.7. The summed E-state index contributed by atoms with van der Waals surface area (Å²) in [5.41, 5.74) is 21.7. The van der Waals surface area contributed by atoms with Gasteiger partial charge in [-0.25, -0.2) is 45.0 Å². The lowest BCUT2D eigenvalue weighted by Crippen LogP contribution is -2.49. The Hall–Kier alpha value is -11.1. The molecule has 4 aliphatic heterocycles. The fourth-order valence-electron chi connectivity index (χ4n) is 17.0. The zero-order chi connectivity index (χ0) is 97.7. The van der Waals surface area contributed by atoms with Crippen molar-refractivity contribution < 1.29 is 74.4 Å². The highest BCUT2D eigenvalue weighted by atomic mass is 32.2. The third kappa shape index (κ3) is 30.2. The first-order chi connectivity index (χ1) is 64.4. The summed E-state index contributed by atoms with van der Waals surface area (Å²) in [5, 5.41) is 46.3. The van der Waals surface area contributed by atoms with Gasteiger partial charge in [0.25, 0.3) is 30.1 Å². The van der Waals surface area contributed by atoms with Gasteiger partial charge in [-0.05, 0) is 208 Å². The SMILES string of the molecule is CC(C)CC(C(=O)O)c1cccc(-c2ccccc2)c1.CC(C)C[C@@H](C(=O)N[C@@H]1CC[C@@H](C)N(S(=O)(=O)c2ccccn2)C[C@H]1O)c1cccc(-c2ccccc2)c1.CC(C)C[C@@H](C(=O)N[C@H]1CC[C@@H](C)N(S(=O)(=O)c2ccccn2)CC1=O)c1cccc(-c2ccccc2)c1.C[C@@H]1CC[C@@H](N)[C@H](O)CN1C(=O)OCc1ccccc1.C[C@@H]1CC[C@@H](N)[C@H](O)CN1S(=O)(=O)c1ccccn1. The standard InChI is InChI=1S/C30H37N3O4S.C30H35N3O4S.C18H20O2.C15H22N2O3.C12H19N3O3S/c2*1-21(2)18-26(25-13-9-12-24(19-25)23-10-5-4-6-11-23)30(35)32-27-16-15-22(3)33(20-28(27)34)38(36,37)29-14-7-8-17-31-29;1-13(2)11-17(18(19)20)16-10-6-9-15(12-16)14-7-4-3-5-8-14;1-11-7-8-13(16)14(18)9-17(11)15(19)20-10-12-5-3-2-4-6-12;1-9-5-6-10(13)11(16)8-15(9)19(17,18)12-4-2-3-7-14-12/h4-14,17,19,21-22,26-28,34H,15-16,18,20H2,1-3H3,(H,32,35);4-14,17,19,21-22,26-27H,15-16,18,20H2,1-3H3,(H,32,35);3-10,12-13,17H,11H2,1-2H3,(H,19,20);2-6,11,13-14,18H,7-10,16H2,1H3;2-4,7,9-11,16H,5-6,8,13H2,1H3/t22-,26-,27-,28-;22-,26-,27+;;11-,13-,14-;9-,10-,11-/m11.11/s1. The van der Waals surface area contributed by atoms with Crippen molar-refractivity contribution >= 4 is 59.7 Å². The normalized spacial score (nSPS) is 21.6. The van der Waals surface area contributed by atoms with Crippen LogP contribution in [0.5, 0.6) is 0 Å². The fourth-order valence-corrected chi connectivity index (χ4v) is 21.8. The van der Waals surface area contributed by atoms with E-state index in [4.69, 9.17) is 16.2 Å². The number of benzene rings is 7. The maximum atomic E-state index is 13.7. The Morgan fingerprint density at radius 1 is 0.400 bits per heavy atom. The van der Waals surface area contributed by atoms with E-state index in [1.54, 1.807) is 48.2 Å². The van der Waals surface area contributed by atoms with Crippen LogP contribution in [0, 0.1) is 17.8 Å². The van der Waals surface area contributed by atoms with Crippen molar-refractivity contribution in [3.63, 3.8) is 0 Å². The highest BCUT2D eigenvalue weighted by Crippen LogP contribution is 2.36. The number of nitrogens with one attached hydrogen (secondary N) is 2. The number of sulfonamides is 3. The molecule has 30 heteroatoms. The molecule has 135 heavy (non-hydrogen) atoms. The zero-order valence-corrected chi connectivity index (χ0v) is 81.2. The van der Waals surface area contributed by atoms with Crippen LogP contribution in [0.15, 0.2) is 282 Å². The minimum Gasteiger partial charge on any atom is -0.481 e. The zero-order valence-electron chi connectivity index (χ0n) is 78.7. The first-order valence-corrected chi connectivity index (χ1v) is 50.9. The molecule has 0 radical (unpaired) electrons. The first-order valence-electron chi connectivity index (χ1n) is 46.5. The van der Waals surface area contributed by atoms with Gasteiger partial charge in [-0.3, -0.25) is 19.2 Å². The van der Waals surface area contributed by atoms with E-state index in [9.17, 15) is 69.7 Å². The van der Waals surface area contributed by atoms with E-state index in [2.05, 4.69) is 73.2 Å². The highest BCUT2D eigenvalue weighted by Gasteiger charge is 2.42. The Bertz CT molecular complexity index is 5780. The van der Waals surface area contributed by atoms with Gasteiger partial charge >= 0.3 is 12.1 Å². The molecule has 10 N–H and O–H groups in total. The average molecular weight is 1900 g/mol. The van der Waals surface area contributed by atoms with Crippen LogP contribution in [0.4, 0.5) is 4.79 Å². The van der Waals surface area contributed by atoms with Crippen molar-refractivity contribution in [1.82, 2.24) is 43.4 Å². The molecule has 7 aromatic carbocycles. The van der Waals surface area contributed by atoms with Gasteiger partial charge in [0.2, 0.25) is 11.8 Å². The number of aliphatic hydroxyl groups excluding tert-OH is 3. The van der Waals surface area contributed by atoms with Crippen LogP contribution in [0.3, 0.4) is 0 Å². The lowest BCUT2D eigenvalue weighted by atomic mass is 9.87. The van der Waals surface area contributed by atoms with Crippen LogP contribution < -0.4 is 22.1 Å². The Morgan fingerprint density at radius 2 is 0.741 bits per heavy atom. The Morgan fingerprint density at radius 3 is 1.15 bits per heavy atom. The number of likely N-dealkylation sites (tertiary alicyclic amines) is 1. The summed E-state index contributed by atoms with van der Waals surface area (Å²) in [4.78, 5) is 77.6. The van der Waals surface area contributed by atoms with E-state index in [1.165, 1.54) is 49.7 Å². The second kappa shape index (κ2) is 50.6. The number of β-amino-alcohol motifs (C(OH)–C–C–N with tert-alkyl or cyclic N) is 3. The molecule has 722 valence electrons. The third-order valence-electron chi connectivity index (χ3n) is 24.8. The van der Waals surface area contributed by atoms with Crippen LogP contribution in [0.25, 0.3) is 33.4 Å². The van der Waals surface area contributed by atoms with E-state index in [0.717, 1.165) is 62.1 Å². The number of carbonyl (C=O) groups excluding carboxylic acids is 4. The number of rotatable bonds is 25. The van der Waals surface area contributed by atoms with Gasteiger partial charge in [0.15, 0.2) is 20.9 Å². The molecule has 4 saturated heterocycles. The van der Waals surface area contributed by atoms with Gasteiger partial charge in [-0.15, -0.1) is 0 Å². The monoisotopic (exact) mass is 1900 g/mol. The highest BCUT2D eigenvalue weighted by molar-refractivity contribution is 7.89. The quantitative estimate of drug-likeness (QED) is 0.0263. The predicted molar refractivity (Wildman–Crippen MR) is 525 cm³/mol. The largest absolute Gasteiger partial charge is 0.481 e.